The Balaban J connectivity index is 1.75. The molecule has 1 heterocycles. The number of methoxy groups -OCH3 is 1. The molecule has 0 saturated carbocycles. The van der Waals surface area contributed by atoms with Crippen LogP contribution in [0.25, 0.3) is 0 Å². The molecule has 0 bridgehead atoms. The molecule has 0 atom stereocenters. The minimum Gasteiger partial charge on any atom is -0.496 e. The second-order valence-electron chi connectivity index (χ2n) is 6.23. The smallest absolute Gasteiger partial charge is 0.240 e. The van der Waals surface area contributed by atoms with E-state index in [1.807, 2.05) is 6.07 Å². The van der Waals surface area contributed by atoms with Crippen LogP contribution in [-0.2, 0) is 26.6 Å². The fraction of sp³-hybridized carbons (Fsp3) is 0.333. The van der Waals surface area contributed by atoms with Gasteiger partial charge in [0.05, 0.1) is 23.4 Å². The molecule has 0 unspecified atom stereocenters. The van der Waals surface area contributed by atoms with E-state index in [1.165, 1.54) is 35.7 Å². The monoisotopic (exact) mass is 410 g/mol. The van der Waals surface area contributed by atoms with Gasteiger partial charge < -0.3 is 4.74 Å². The van der Waals surface area contributed by atoms with Crippen molar-refractivity contribution in [3.8, 4) is 5.75 Å². The molecule has 0 aromatic heterocycles. The number of ether oxygens (including phenoxy) is 1. The first-order chi connectivity index (χ1) is 12.8. The molecule has 0 amide bonds. The zero-order chi connectivity index (χ0) is 19.5. The molecular weight excluding hydrogens is 388 g/mol. The van der Waals surface area contributed by atoms with Crippen LogP contribution in [0.5, 0.6) is 5.75 Å². The Hall–Kier alpha value is -2.10. The van der Waals surface area contributed by atoms with Crippen molar-refractivity contribution in [2.75, 3.05) is 23.7 Å². The summed E-state index contributed by atoms with van der Waals surface area (Å²) in [7, 11) is -5.53. The normalized spacial score (nSPS) is 16.9. The fourth-order valence-corrected chi connectivity index (χ4v) is 5.62. The van der Waals surface area contributed by atoms with Gasteiger partial charge in [0.15, 0.2) is 0 Å². The lowest BCUT2D eigenvalue weighted by Crippen LogP contribution is -2.37. The van der Waals surface area contributed by atoms with E-state index < -0.39 is 20.0 Å². The summed E-state index contributed by atoms with van der Waals surface area (Å²) in [6, 6.07) is 13.1. The van der Waals surface area contributed by atoms with Crippen LogP contribution in [0.4, 0.5) is 5.69 Å². The first kappa shape index (κ1) is 19.7. The Labute approximate surface area is 160 Å². The van der Waals surface area contributed by atoms with Gasteiger partial charge in [-0.3, -0.25) is 4.31 Å². The second-order valence-corrected chi connectivity index (χ2v) is 10.0. The van der Waals surface area contributed by atoms with E-state index in [9.17, 15) is 16.8 Å². The Kier molecular flexibility index (Phi) is 5.73. The van der Waals surface area contributed by atoms with Gasteiger partial charge in [0, 0.05) is 18.7 Å². The second kappa shape index (κ2) is 7.87. The van der Waals surface area contributed by atoms with Crippen LogP contribution < -0.4 is 13.8 Å². The van der Waals surface area contributed by atoms with E-state index in [0.29, 0.717) is 24.4 Å². The number of para-hydroxylation sites is 1. The lowest BCUT2D eigenvalue weighted by atomic mass is 10.2. The molecule has 1 aliphatic heterocycles. The van der Waals surface area contributed by atoms with E-state index in [2.05, 4.69) is 4.72 Å². The summed E-state index contributed by atoms with van der Waals surface area (Å²) in [4.78, 5) is 0.0792. The molecule has 0 radical (unpaired) electrons. The Bertz CT molecular complexity index is 1000. The number of sulfonamides is 2. The first-order valence-corrected chi connectivity index (χ1v) is 11.6. The summed E-state index contributed by atoms with van der Waals surface area (Å²) < 4.78 is 58.5. The van der Waals surface area contributed by atoms with Crippen molar-refractivity contribution < 1.29 is 21.6 Å². The standard InChI is InChI=1S/C18H22N2O5S2/c1-25-18-7-3-2-6-15(18)14-19-27(23,24)17-10-8-16(9-11-17)20-12-4-5-13-26(20,21)22/h2-3,6-11,19H,4-5,12-14H2,1H3. The first-order valence-electron chi connectivity index (χ1n) is 8.55. The number of hydrogen-bond acceptors (Lipinski definition) is 5. The topological polar surface area (TPSA) is 92.8 Å². The van der Waals surface area contributed by atoms with Crippen LogP contribution in [0.1, 0.15) is 18.4 Å². The maximum absolute atomic E-state index is 12.5. The van der Waals surface area contributed by atoms with Crippen LogP contribution in [0.15, 0.2) is 53.4 Å². The highest BCUT2D eigenvalue weighted by Crippen LogP contribution is 2.25. The number of nitrogens with zero attached hydrogens (tertiary/aromatic N) is 1. The number of benzene rings is 2. The van der Waals surface area contributed by atoms with Crippen molar-refractivity contribution in [1.82, 2.24) is 4.72 Å². The molecule has 1 N–H and O–H groups in total. The van der Waals surface area contributed by atoms with E-state index in [-0.39, 0.29) is 17.2 Å². The van der Waals surface area contributed by atoms with E-state index >= 15 is 0 Å². The predicted molar refractivity (Wildman–Crippen MR) is 104 cm³/mol. The van der Waals surface area contributed by atoms with E-state index in [1.54, 1.807) is 18.2 Å². The van der Waals surface area contributed by atoms with Crippen molar-refractivity contribution in [1.29, 1.82) is 0 Å². The Morgan fingerprint density at radius 2 is 1.78 bits per heavy atom. The number of nitrogens with one attached hydrogen (secondary N) is 1. The largest absolute Gasteiger partial charge is 0.496 e. The van der Waals surface area contributed by atoms with Gasteiger partial charge >= 0.3 is 0 Å². The SMILES string of the molecule is COc1ccccc1CNS(=O)(=O)c1ccc(N2CCCCS2(=O)=O)cc1. The van der Waals surface area contributed by atoms with Gasteiger partial charge in [0.25, 0.3) is 0 Å². The maximum Gasteiger partial charge on any atom is 0.240 e. The summed E-state index contributed by atoms with van der Waals surface area (Å²) in [5.41, 5.74) is 1.21. The van der Waals surface area contributed by atoms with Crippen molar-refractivity contribution in [3.05, 3.63) is 54.1 Å². The minimum absolute atomic E-state index is 0.0792. The van der Waals surface area contributed by atoms with Crippen molar-refractivity contribution in [2.45, 2.75) is 24.3 Å². The molecule has 146 valence electrons. The maximum atomic E-state index is 12.5. The summed E-state index contributed by atoms with van der Waals surface area (Å²) in [5.74, 6) is 0.721. The third kappa shape index (κ3) is 4.42. The molecule has 2 aromatic carbocycles. The molecule has 1 aliphatic rings. The van der Waals surface area contributed by atoms with Gasteiger partial charge in [-0.2, -0.15) is 0 Å². The van der Waals surface area contributed by atoms with Crippen LogP contribution in [0.3, 0.4) is 0 Å². The van der Waals surface area contributed by atoms with Crippen molar-refractivity contribution in [2.24, 2.45) is 0 Å². The third-order valence-corrected chi connectivity index (χ3v) is 7.72. The third-order valence-electron chi connectivity index (χ3n) is 4.43. The van der Waals surface area contributed by atoms with Gasteiger partial charge in [-0.1, -0.05) is 18.2 Å². The summed E-state index contributed by atoms with van der Waals surface area (Å²) in [6.45, 7) is 0.509. The summed E-state index contributed by atoms with van der Waals surface area (Å²) in [6.07, 6.45) is 1.44. The molecular formula is C18H22N2O5S2. The van der Waals surface area contributed by atoms with E-state index in [4.69, 9.17) is 4.74 Å². The molecule has 27 heavy (non-hydrogen) atoms. The Morgan fingerprint density at radius 1 is 1.07 bits per heavy atom. The van der Waals surface area contributed by atoms with Gasteiger partial charge in [-0.15, -0.1) is 0 Å². The number of hydrogen-bond donors (Lipinski definition) is 1. The van der Waals surface area contributed by atoms with Crippen LogP contribution in [0.2, 0.25) is 0 Å². The number of anilines is 1. The molecule has 1 fully saturated rings. The van der Waals surface area contributed by atoms with Gasteiger partial charge in [0.2, 0.25) is 20.0 Å². The molecule has 0 spiro atoms. The van der Waals surface area contributed by atoms with Crippen LogP contribution in [-0.4, -0.2) is 36.2 Å². The average molecular weight is 411 g/mol. The van der Waals surface area contributed by atoms with E-state index in [0.717, 1.165) is 12.0 Å². The average Bonchev–Trinajstić information content (AvgIpc) is 2.66. The minimum atomic E-state index is -3.73. The van der Waals surface area contributed by atoms with Gasteiger partial charge in [-0.25, -0.2) is 21.6 Å². The van der Waals surface area contributed by atoms with Crippen LogP contribution in [0, 0.1) is 0 Å². The summed E-state index contributed by atoms with van der Waals surface area (Å²) in [5, 5.41) is 0. The van der Waals surface area contributed by atoms with Gasteiger partial charge in [0.1, 0.15) is 5.75 Å². The van der Waals surface area contributed by atoms with Crippen molar-refractivity contribution in [3.63, 3.8) is 0 Å². The zero-order valence-corrected chi connectivity index (χ0v) is 16.6. The molecule has 2 aromatic rings. The molecule has 7 nitrogen and oxygen atoms in total. The summed E-state index contributed by atoms with van der Waals surface area (Å²) >= 11 is 0. The quantitative estimate of drug-likeness (QED) is 0.787. The lowest BCUT2D eigenvalue weighted by Gasteiger charge is -2.28. The van der Waals surface area contributed by atoms with Crippen molar-refractivity contribution >= 4 is 25.7 Å². The van der Waals surface area contributed by atoms with Gasteiger partial charge in [-0.05, 0) is 43.2 Å². The molecule has 9 heteroatoms. The fourth-order valence-electron chi connectivity index (χ4n) is 2.98. The highest BCUT2D eigenvalue weighted by molar-refractivity contribution is 7.92. The van der Waals surface area contributed by atoms with Crippen LogP contribution >= 0.6 is 0 Å². The number of rotatable bonds is 6. The highest BCUT2D eigenvalue weighted by Gasteiger charge is 2.26. The predicted octanol–water partition coefficient (Wildman–Crippen LogP) is 2.10. The molecule has 0 aliphatic carbocycles. The highest BCUT2D eigenvalue weighted by atomic mass is 32.2. The lowest BCUT2D eigenvalue weighted by molar-refractivity contribution is 0.409. The Morgan fingerprint density at radius 3 is 2.44 bits per heavy atom. The molecule has 1 saturated heterocycles. The zero-order valence-electron chi connectivity index (χ0n) is 15.0. The molecule has 3 rings (SSSR count).